The summed E-state index contributed by atoms with van der Waals surface area (Å²) >= 11 is 0. The Balaban J connectivity index is 1.79. The standard InChI is InChI=1S/C14H19N5O/c1-3-12-16-13(18-17-12)14(20)15-9-10-19(2)11-7-5-4-6-8-11/h4-8H,3,9-10H2,1-2H3,(H,15,20)(H,16,17,18). The lowest BCUT2D eigenvalue weighted by atomic mass is 10.3. The van der Waals surface area contributed by atoms with Crippen molar-refractivity contribution in [3.63, 3.8) is 0 Å². The van der Waals surface area contributed by atoms with Crippen LogP contribution in [0.1, 0.15) is 23.4 Å². The number of para-hydroxylation sites is 1. The Bertz CT molecular complexity index is 552. The van der Waals surface area contributed by atoms with Crippen LogP contribution in [0.25, 0.3) is 0 Å². The first-order valence-corrected chi connectivity index (χ1v) is 6.66. The molecule has 0 aliphatic rings. The van der Waals surface area contributed by atoms with E-state index in [4.69, 9.17) is 0 Å². The van der Waals surface area contributed by atoms with E-state index in [1.807, 2.05) is 44.3 Å². The van der Waals surface area contributed by atoms with E-state index in [2.05, 4.69) is 25.4 Å². The number of nitrogens with zero attached hydrogens (tertiary/aromatic N) is 3. The number of anilines is 1. The first-order valence-electron chi connectivity index (χ1n) is 6.66. The predicted molar refractivity (Wildman–Crippen MR) is 77.8 cm³/mol. The Kier molecular flexibility index (Phi) is 4.70. The van der Waals surface area contributed by atoms with E-state index >= 15 is 0 Å². The summed E-state index contributed by atoms with van der Waals surface area (Å²) in [6.45, 7) is 3.22. The molecule has 1 aromatic heterocycles. The van der Waals surface area contributed by atoms with Gasteiger partial charge in [0.05, 0.1) is 0 Å². The zero-order valence-corrected chi connectivity index (χ0v) is 11.8. The minimum absolute atomic E-state index is 0.198. The van der Waals surface area contributed by atoms with Gasteiger partial charge in [-0.2, -0.15) is 0 Å². The number of aromatic amines is 1. The molecule has 2 N–H and O–H groups in total. The third kappa shape index (κ3) is 3.57. The van der Waals surface area contributed by atoms with Crippen LogP contribution in [0.15, 0.2) is 30.3 Å². The van der Waals surface area contributed by atoms with Crippen molar-refractivity contribution < 1.29 is 4.79 Å². The molecule has 2 aromatic rings. The lowest BCUT2D eigenvalue weighted by Gasteiger charge is -2.19. The molecular weight excluding hydrogens is 254 g/mol. The van der Waals surface area contributed by atoms with Gasteiger partial charge < -0.3 is 10.2 Å². The van der Waals surface area contributed by atoms with Gasteiger partial charge in [-0.25, -0.2) is 4.98 Å². The largest absolute Gasteiger partial charge is 0.373 e. The fraction of sp³-hybridized carbons (Fsp3) is 0.357. The average Bonchev–Trinajstić information content (AvgIpc) is 2.97. The molecule has 0 fully saturated rings. The summed E-state index contributed by atoms with van der Waals surface area (Å²) in [6.07, 6.45) is 0.733. The number of H-pyrrole nitrogens is 1. The fourth-order valence-electron chi connectivity index (χ4n) is 1.78. The van der Waals surface area contributed by atoms with Crippen molar-refractivity contribution in [2.24, 2.45) is 0 Å². The summed E-state index contributed by atoms with van der Waals surface area (Å²) in [6, 6.07) is 10.0. The Hall–Kier alpha value is -2.37. The van der Waals surface area contributed by atoms with Gasteiger partial charge in [0.25, 0.3) is 5.91 Å². The van der Waals surface area contributed by atoms with Crippen molar-refractivity contribution in [2.75, 3.05) is 25.0 Å². The van der Waals surface area contributed by atoms with Crippen LogP contribution in [0, 0.1) is 0 Å². The molecule has 6 nitrogen and oxygen atoms in total. The van der Waals surface area contributed by atoms with Crippen molar-refractivity contribution in [1.29, 1.82) is 0 Å². The number of aromatic nitrogens is 3. The molecule has 6 heteroatoms. The lowest BCUT2D eigenvalue weighted by molar-refractivity contribution is 0.0944. The second-order valence-corrected chi connectivity index (χ2v) is 4.47. The molecule has 0 saturated carbocycles. The highest BCUT2D eigenvalue weighted by atomic mass is 16.2. The number of amides is 1. The molecule has 0 aliphatic carbocycles. The number of rotatable bonds is 6. The van der Waals surface area contributed by atoms with Crippen LogP contribution >= 0.6 is 0 Å². The molecule has 1 heterocycles. The SMILES string of the molecule is CCc1nc(C(=O)NCCN(C)c2ccccc2)n[nH]1. The second kappa shape index (κ2) is 6.70. The number of carbonyl (C=O) groups excluding carboxylic acids is 1. The van der Waals surface area contributed by atoms with Gasteiger partial charge in [-0.05, 0) is 12.1 Å². The van der Waals surface area contributed by atoms with Crippen molar-refractivity contribution in [3.8, 4) is 0 Å². The maximum atomic E-state index is 11.8. The molecule has 0 bridgehead atoms. The van der Waals surface area contributed by atoms with Crippen molar-refractivity contribution >= 4 is 11.6 Å². The lowest BCUT2D eigenvalue weighted by Crippen LogP contribution is -2.33. The van der Waals surface area contributed by atoms with E-state index in [0.717, 1.165) is 24.5 Å². The third-order valence-electron chi connectivity index (χ3n) is 3.00. The summed E-state index contributed by atoms with van der Waals surface area (Å²) in [5.74, 6) is 0.670. The Morgan fingerprint density at radius 2 is 2.10 bits per heavy atom. The molecule has 2 rings (SSSR count). The topological polar surface area (TPSA) is 73.9 Å². The van der Waals surface area contributed by atoms with Crippen molar-refractivity contribution in [3.05, 3.63) is 42.0 Å². The highest BCUT2D eigenvalue weighted by molar-refractivity contribution is 5.90. The molecule has 1 amide bonds. The normalized spacial score (nSPS) is 10.3. The summed E-state index contributed by atoms with van der Waals surface area (Å²) in [4.78, 5) is 18.0. The molecule has 106 valence electrons. The minimum Gasteiger partial charge on any atom is -0.373 e. The van der Waals surface area contributed by atoms with Gasteiger partial charge in [0.2, 0.25) is 5.82 Å². The summed E-state index contributed by atoms with van der Waals surface area (Å²) < 4.78 is 0. The first-order chi connectivity index (χ1) is 9.70. The van der Waals surface area contributed by atoms with E-state index in [1.54, 1.807) is 0 Å². The predicted octanol–water partition coefficient (Wildman–Crippen LogP) is 1.23. The van der Waals surface area contributed by atoms with Crippen LogP contribution in [-0.4, -0.2) is 41.2 Å². The van der Waals surface area contributed by atoms with Gasteiger partial charge in [-0.15, -0.1) is 5.10 Å². The number of aryl methyl sites for hydroxylation is 1. The zero-order valence-electron chi connectivity index (χ0n) is 11.8. The molecule has 0 radical (unpaired) electrons. The quantitative estimate of drug-likeness (QED) is 0.830. The third-order valence-corrected chi connectivity index (χ3v) is 3.00. The number of nitrogens with one attached hydrogen (secondary N) is 2. The van der Waals surface area contributed by atoms with Gasteiger partial charge in [-0.1, -0.05) is 25.1 Å². The first kappa shape index (κ1) is 14.0. The zero-order chi connectivity index (χ0) is 14.4. The second-order valence-electron chi connectivity index (χ2n) is 4.47. The van der Waals surface area contributed by atoms with Crippen LogP contribution in [-0.2, 0) is 6.42 Å². The number of carbonyl (C=O) groups is 1. The minimum atomic E-state index is -0.248. The van der Waals surface area contributed by atoms with Gasteiger partial charge in [0, 0.05) is 32.2 Å². The Morgan fingerprint density at radius 3 is 2.75 bits per heavy atom. The average molecular weight is 273 g/mol. The van der Waals surface area contributed by atoms with E-state index in [9.17, 15) is 4.79 Å². The molecule has 20 heavy (non-hydrogen) atoms. The van der Waals surface area contributed by atoms with Crippen LogP contribution < -0.4 is 10.2 Å². The highest BCUT2D eigenvalue weighted by Crippen LogP contribution is 2.09. The summed E-state index contributed by atoms with van der Waals surface area (Å²) in [5, 5.41) is 9.42. The molecule has 0 spiro atoms. The van der Waals surface area contributed by atoms with Crippen LogP contribution in [0.4, 0.5) is 5.69 Å². The number of hydrogen-bond acceptors (Lipinski definition) is 4. The number of hydrogen-bond donors (Lipinski definition) is 2. The maximum Gasteiger partial charge on any atom is 0.291 e. The van der Waals surface area contributed by atoms with Crippen molar-refractivity contribution in [1.82, 2.24) is 20.5 Å². The van der Waals surface area contributed by atoms with E-state index in [1.165, 1.54) is 0 Å². The Morgan fingerprint density at radius 1 is 1.35 bits per heavy atom. The van der Waals surface area contributed by atoms with E-state index < -0.39 is 0 Å². The summed E-state index contributed by atoms with van der Waals surface area (Å²) in [5.41, 5.74) is 1.12. The molecule has 1 aromatic carbocycles. The van der Waals surface area contributed by atoms with Gasteiger partial charge in [-0.3, -0.25) is 9.89 Å². The number of likely N-dealkylation sites (N-methyl/N-ethyl adjacent to an activating group) is 1. The van der Waals surface area contributed by atoms with Gasteiger partial charge >= 0.3 is 0 Å². The van der Waals surface area contributed by atoms with E-state index in [-0.39, 0.29) is 11.7 Å². The van der Waals surface area contributed by atoms with E-state index in [0.29, 0.717) is 6.54 Å². The van der Waals surface area contributed by atoms with Crippen molar-refractivity contribution in [2.45, 2.75) is 13.3 Å². The smallest absolute Gasteiger partial charge is 0.291 e. The fourth-order valence-corrected chi connectivity index (χ4v) is 1.78. The van der Waals surface area contributed by atoms with Crippen LogP contribution in [0.3, 0.4) is 0 Å². The molecular formula is C14H19N5O. The Labute approximate surface area is 118 Å². The van der Waals surface area contributed by atoms with Gasteiger partial charge in [0.1, 0.15) is 5.82 Å². The molecule has 0 saturated heterocycles. The maximum absolute atomic E-state index is 11.8. The van der Waals surface area contributed by atoms with Crippen LogP contribution in [0.5, 0.6) is 0 Å². The number of benzene rings is 1. The molecule has 0 aliphatic heterocycles. The monoisotopic (exact) mass is 273 g/mol. The molecule has 0 atom stereocenters. The molecule has 0 unspecified atom stereocenters. The summed E-state index contributed by atoms with van der Waals surface area (Å²) in [7, 11) is 1.99. The highest BCUT2D eigenvalue weighted by Gasteiger charge is 2.11. The van der Waals surface area contributed by atoms with Gasteiger partial charge in [0.15, 0.2) is 0 Å². The van der Waals surface area contributed by atoms with Crippen LogP contribution in [0.2, 0.25) is 0 Å².